The first-order valence-corrected chi connectivity index (χ1v) is 12.0. The molecule has 2 bridgehead atoms. The number of halogens is 1. The fourth-order valence-electron chi connectivity index (χ4n) is 5.85. The molecule has 3 saturated carbocycles. The lowest BCUT2D eigenvalue weighted by Gasteiger charge is -2.47. The number of nitrogens with one attached hydrogen (secondary N) is 2. The summed E-state index contributed by atoms with van der Waals surface area (Å²) >= 11 is 0. The molecule has 0 radical (unpaired) electrons. The van der Waals surface area contributed by atoms with Crippen LogP contribution in [0.25, 0.3) is 33.7 Å². The Morgan fingerprint density at radius 2 is 1.86 bits per heavy atom. The van der Waals surface area contributed by atoms with E-state index in [9.17, 15) is 14.3 Å². The highest BCUT2D eigenvalue weighted by molar-refractivity contribution is 5.92. The van der Waals surface area contributed by atoms with Gasteiger partial charge in [0.05, 0.1) is 29.4 Å². The van der Waals surface area contributed by atoms with Gasteiger partial charge in [0, 0.05) is 34.8 Å². The number of pyridine rings is 1. The average molecular weight is 483 g/mol. The van der Waals surface area contributed by atoms with Gasteiger partial charge in [-0.05, 0) is 55.7 Å². The zero-order chi connectivity index (χ0) is 24.8. The van der Waals surface area contributed by atoms with Gasteiger partial charge in [-0.25, -0.2) is 19.3 Å². The molecule has 4 aromatic rings. The van der Waals surface area contributed by atoms with Crippen LogP contribution in [0.1, 0.15) is 31.2 Å². The topological polar surface area (TPSA) is 128 Å². The van der Waals surface area contributed by atoms with Crippen LogP contribution in [-0.4, -0.2) is 37.1 Å². The van der Waals surface area contributed by atoms with E-state index in [1.807, 2.05) is 12.1 Å². The van der Waals surface area contributed by atoms with Gasteiger partial charge in [-0.15, -0.1) is 0 Å². The van der Waals surface area contributed by atoms with Crippen molar-refractivity contribution >= 4 is 22.8 Å². The summed E-state index contributed by atoms with van der Waals surface area (Å²) in [5.74, 6) is -0.409. The van der Waals surface area contributed by atoms with Crippen molar-refractivity contribution in [3.63, 3.8) is 0 Å². The Labute approximate surface area is 206 Å². The van der Waals surface area contributed by atoms with Gasteiger partial charge in [0.25, 0.3) is 0 Å². The summed E-state index contributed by atoms with van der Waals surface area (Å²) in [6.07, 6.45) is 6.73. The number of aliphatic carboxylic acids is 1. The van der Waals surface area contributed by atoms with Gasteiger partial charge < -0.3 is 15.4 Å². The Kier molecular flexibility index (Phi) is 5.37. The number of hydrogen-bond donors (Lipinski definition) is 3. The maximum atomic E-state index is 14.0. The maximum absolute atomic E-state index is 14.0. The van der Waals surface area contributed by atoms with Crippen LogP contribution in [0.15, 0.2) is 48.8 Å². The van der Waals surface area contributed by atoms with E-state index in [-0.39, 0.29) is 17.9 Å². The highest BCUT2D eigenvalue weighted by atomic mass is 19.1. The van der Waals surface area contributed by atoms with Crippen molar-refractivity contribution < 1.29 is 14.3 Å². The van der Waals surface area contributed by atoms with Gasteiger partial charge in [-0.1, -0.05) is 12.1 Å². The van der Waals surface area contributed by atoms with Crippen molar-refractivity contribution in [1.29, 1.82) is 5.26 Å². The predicted molar refractivity (Wildman–Crippen MR) is 131 cm³/mol. The lowest BCUT2D eigenvalue weighted by Crippen LogP contribution is -2.51. The standard InChI is InChI=1S/C27H23FN6O2/c28-18-9-19-20(13-31-25(19)30-12-18)26-32-21(15-3-1-14(11-29)2-4-15)10-22(34-26)33-24-17-7-5-16(6-8-17)23(24)27(35)36/h1-4,9-10,12-13,16-17,23-24H,5-8H2,(H,30,31)(H,35,36)(H,32,33,34). The molecule has 1 aromatic carbocycles. The molecule has 180 valence electrons. The predicted octanol–water partition coefficient (Wildman–Crippen LogP) is 5.00. The van der Waals surface area contributed by atoms with Crippen LogP contribution in [0, 0.1) is 34.9 Å². The van der Waals surface area contributed by atoms with Gasteiger partial charge in [0.1, 0.15) is 17.3 Å². The number of carboxylic acids is 1. The van der Waals surface area contributed by atoms with E-state index in [4.69, 9.17) is 15.2 Å². The average Bonchev–Trinajstić information content (AvgIpc) is 3.32. The summed E-state index contributed by atoms with van der Waals surface area (Å²) < 4.78 is 14.0. The Hall–Kier alpha value is -4.32. The minimum absolute atomic E-state index is 0.159. The van der Waals surface area contributed by atoms with Gasteiger partial charge in [0.15, 0.2) is 5.82 Å². The lowest BCUT2D eigenvalue weighted by atomic mass is 9.61. The number of carbonyl (C=O) groups is 1. The summed E-state index contributed by atoms with van der Waals surface area (Å²) in [5.41, 5.74) is 3.04. The number of fused-ring (bicyclic) bond motifs is 4. The molecule has 3 aliphatic carbocycles. The molecular formula is C27H23FN6O2. The second-order valence-electron chi connectivity index (χ2n) is 9.61. The van der Waals surface area contributed by atoms with Crippen LogP contribution in [0.3, 0.4) is 0 Å². The Morgan fingerprint density at radius 1 is 1.11 bits per heavy atom. The highest BCUT2D eigenvalue weighted by Gasteiger charge is 2.47. The minimum atomic E-state index is -0.776. The molecule has 9 heteroatoms. The molecule has 3 fully saturated rings. The summed E-state index contributed by atoms with van der Waals surface area (Å²) in [4.78, 5) is 28.8. The van der Waals surface area contributed by atoms with Crippen molar-refractivity contribution in [3.05, 3.63) is 60.2 Å². The summed E-state index contributed by atoms with van der Waals surface area (Å²) in [6.45, 7) is 0. The van der Waals surface area contributed by atoms with Crippen molar-refractivity contribution in [2.75, 3.05) is 5.32 Å². The first kappa shape index (κ1) is 22.2. The van der Waals surface area contributed by atoms with Gasteiger partial charge in [0.2, 0.25) is 0 Å². The van der Waals surface area contributed by atoms with E-state index in [0.717, 1.165) is 37.4 Å². The normalized spacial score (nSPS) is 22.9. The first-order valence-electron chi connectivity index (χ1n) is 12.0. The van der Waals surface area contributed by atoms with Crippen LogP contribution in [0.5, 0.6) is 0 Å². The molecule has 0 saturated heterocycles. The Balaban J connectivity index is 1.46. The van der Waals surface area contributed by atoms with E-state index in [0.29, 0.717) is 39.5 Å². The number of benzene rings is 1. The number of nitrogens with zero attached hydrogens (tertiary/aromatic N) is 4. The Morgan fingerprint density at radius 3 is 2.58 bits per heavy atom. The fraction of sp³-hybridized carbons (Fsp3) is 0.296. The fourth-order valence-corrected chi connectivity index (χ4v) is 5.85. The Bertz CT molecular complexity index is 1500. The van der Waals surface area contributed by atoms with E-state index in [1.165, 1.54) is 6.07 Å². The zero-order valence-corrected chi connectivity index (χ0v) is 19.3. The smallest absolute Gasteiger partial charge is 0.308 e. The molecule has 3 aromatic heterocycles. The molecule has 2 unspecified atom stereocenters. The number of anilines is 1. The summed E-state index contributed by atoms with van der Waals surface area (Å²) in [6, 6.07) is 12.1. The van der Waals surface area contributed by atoms with Crippen LogP contribution >= 0.6 is 0 Å². The van der Waals surface area contributed by atoms with Crippen molar-refractivity contribution in [2.45, 2.75) is 31.7 Å². The highest BCUT2D eigenvalue weighted by Crippen LogP contribution is 2.46. The van der Waals surface area contributed by atoms with Crippen LogP contribution < -0.4 is 5.32 Å². The summed E-state index contributed by atoms with van der Waals surface area (Å²) in [5, 5.41) is 23.2. The molecule has 8 nitrogen and oxygen atoms in total. The summed E-state index contributed by atoms with van der Waals surface area (Å²) in [7, 11) is 0. The third-order valence-corrected chi connectivity index (χ3v) is 7.59. The molecule has 0 amide bonds. The molecule has 0 aliphatic heterocycles. The van der Waals surface area contributed by atoms with E-state index in [1.54, 1.807) is 24.4 Å². The second-order valence-corrected chi connectivity index (χ2v) is 9.61. The van der Waals surface area contributed by atoms with E-state index in [2.05, 4.69) is 21.4 Å². The molecule has 36 heavy (non-hydrogen) atoms. The molecular weight excluding hydrogens is 459 g/mol. The second kappa shape index (κ2) is 8.72. The molecule has 0 spiro atoms. The van der Waals surface area contributed by atoms with Crippen LogP contribution in [0.2, 0.25) is 0 Å². The zero-order valence-electron chi connectivity index (χ0n) is 19.3. The number of nitriles is 1. The van der Waals surface area contributed by atoms with Crippen LogP contribution in [-0.2, 0) is 4.79 Å². The molecule has 2 atom stereocenters. The number of carboxylic acid groups (broad SMARTS) is 1. The monoisotopic (exact) mass is 482 g/mol. The van der Waals surface area contributed by atoms with E-state index < -0.39 is 17.7 Å². The van der Waals surface area contributed by atoms with E-state index >= 15 is 0 Å². The van der Waals surface area contributed by atoms with Gasteiger partial charge in [-0.2, -0.15) is 5.26 Å². The van der Waals surface area contributed by atoms with Crippen molar-refractivity contribution in [2.24, 2.45) is 17.8 Å². The van der Waals surface area contributed by atoms with Gasteiger partial charge >= 0.3 is 5.97 Å². The van der Waals surface area contributed by atoms with Crippen molar-refractivity contribution in [1.82, 2.24) is 19.9 Å². The molecule has 3 aliphatic rings. The molecule has 3 N–H and O–H groups in total. The maximum Gasteiger partial charge on any atom is 0.308 e. The van der Waals surface area contributed by atoms with Gasteiger partial charge in [-0.3, -0.25) is 4.79 Å². The number of aromatic amines is 1. The minimum Gasteiger partial charge on any atom is -0.481 e. The molecule has 3 heterocycles. The lowest BCUT2D eigenvalue weighted by molar-refractivity contribution is -0.148. The number of H-pyrrole nitrogens is 1. The number of rotatable bonds is 5. The SMILES string of the molecule is N#Cc1ccc(-c2cc(NC3C4CCC(CC4)C3C(=O)O)nc(-c3c[nH]c4ncc(F)cc34)n2)cc1. The largest absolute Gasteiger partial charge is 0.481 e. The third kappa shape index (κ3) is 3.85. The van der Waals surface area contributed by atoms with Crippen LogP contribution in [0.4, 0.5) is 10.2 Å². The quantitative estimate of drug-likeness (QED) is 0.365. The third-order valence-electron chi connectivity index (χ3n) is 7.59. The number of hydrogen-bond acceptors (Lipinski definition) is 6. The van der Waals surface area contributed by atoms with Crippen molar-refractivity contribution in [3.8, 4) is 28.7 Å². The molecule has 7 rings (SSSR count). The number of aromatic nitrogens is 4. The first-order chi connectivity index (χ1) is 17.5.